The second-order valence-corrected chi connectivity index (χ2v) is 5.57. The molecule has 2 N–H and O–H groups in total. The number of carbonyl (C=O) groups excluding carboxylic acids is 1. The average Bonchev–Trinajstić information content (AvgIpc) is 2.55. The summed E-state index contributed by atoms with van der Waals surface area (Å²) >= 11 is 0. The minimum atomic E-state index is -0.164. The molecule has 0 bridgehead atoms. The largest absolute Gasteiger partial charge is 0.358 e. The molecule has 4 heteroatoms. The summed E-state index contributed by atoms with van der Waals surface area (Å²) in [5, 5.41) is 3.43. The molecule has 116 valence electrons. The molecule has 0 aliphatic heterocycles. The Morgan fingerprint density at radius 1 is 1.09 bits per heavy atom. The van der Waals surface area contributed by atoms with Crippen LogP contribution in [0.15, 0.2) is 59.4 Å². The van der Waals surface area contributed by atoms with E-state index in [4.69, 9.17) is 0 Å². The summed E-state index contributed by atoms with van der Waals surface area (Å²) in [6.07, 6.45) is 0.778. The normalized spacial score (nSPS) is 10.7. The molecule has 0 unspecified atom stereocenters. The maximum atomic E-state index is 12.2. The number of fused-ring (bicyclic) bond motifs is 1. The highest BCUT2D eigenvalue weighted by Gasteiger charge is 2.08. The molecule has 1 heterocycles. The first-order valence-corrected chi connectivity index (χ1v) is 7.59. The third-order valence-electron chi connectivity index (χ3n) is 3.77. The molecule has 0 fully saturated rings. The van der Waals surface area contributed by atoms with Gasteiger partial charge in [-0.25, -0.2) is 0 Å². The summed E-state index contributed by atoms with van der Waals surface area (Å²) in [5.74, 6) is -0.164. The lowest BCUT2D eigenvalue weighted by Crippen LogP contribution is -2.25. The molecular formula is C19H18N2O2. The number of hydrogen-bond donors (Lipinski definition) is 2. The third-order valence-corrected chi connectivity index (χ3v) is 3.77. The summed E-state index contributed by atoms with van der Waals surface area (Å²) in [6.45, 7) is 2.40. The highest BCUT2D eigenvalue weighted by molar-refractivity contribution is 5.97. The van der Waals surface area contributed by atoms with E-state index in [0.29, 0.717) is 17.5 Å². The standard InChI is InChI=1S/C19H18N2O2/c1-13-11-18(22)16-12-15(7-8-17(16)21-13)19(23)20-10-9-14-5-3-2-4-6-14/h2-8,11-12H,9-10H2,1H3,(H,20,23)(H,21,22). The molecule has 1 aromatic heterocycles. The predicted molar refractivity (Wildman–Crippen MR) is 91.8 cm³/mol. The summed E-state index contributed by atoms with van der Waals surface area (Å²) in [6, 6.07) is 16.7. The van der Waals surface area contributed by atoms with Gasteiger partial charge in [-0.2, -0.15) is 0 Å². The smallest absolute Gasteiger partial charge is 0.251 e. The molecule has 0 radical (unpaired) electrons. The summed E-state index contributed by atoms with van der Waals surface area (Å²) in [4.78, 5) is 27.4. The van der Waals surface area contributed by atoms with E-state index < -0.39 is 0 Å². The molecule has 3 rings (SSSR count). The third kappa shape index (κ3) is 3.48. The first kappa shape index (κ1) is 15.0. The van der Waals surface area contributed by atoms with Crippen molar-refractivity contribution in [2.75, 3.05) is 6.54 Å². The van der Waals surface area contributed by atoms with Crippen LogP contribution in [0.4, 0.5) is 0 Å². The fourth-order valence-corrected chi connectivity index (χ4v) is 2.59. The lowest BCUT2D eigenvalue weighted by atomic mass is 10.1. The lowest BCUT2D eigenvalue weighted by Gasteiger charge is -2.07. The van der Waals surface area contributed by atoms with Gasteiger partial charge in [-0.1, -0.05) is 30.3 Å². The van der Waals surface area contributed by atoms with Crippen LogP contribution < -0.4 is 10.7 Å². The van der Waals surface area contributed by atoms with Gasteiger partial charge in [0.05, 0.1) is 0 Å². The van der Waals surface area contributed by atoms with Gasteiger partial charge in [0.25, 0.3) is 5.91 Å². The van der Waals surface area contributed by atoms with E-state index in [1.807, 2.05) is 37.3 Å². The van der Waals surface area contributed by atoms with Gasteiger partial charge in [0.2, 0.25) is 0 Å². The Kier molecular flexibility index (Phi) is 4.24. The molecule has 0 spiro atoms. The Hall–Kier alpha value is -2.88. The summed E-state index contributed by atoms with van der Waals surface area (Å²) in [7, 11) is 0. The van der Waals surface area contributed by atoms with Crippen LogP contribution in [-0.2, 0) is 6.42 Å². The van der Waals surface area contributed by atoms with Gasteiger partial charge in [0, 0.05) is 34.8 Å². The number of amides is 1. The van der Waals surface area contributed by atoms with Crippen molar-refractivity contribution in [2.45, 2.75) is 13.3 Å². The molecule has 4 nitrogen and oxygen atoms in total. The number of H-pyrrole nitrogens is 1. The maximum Gasteiger partial charge on any atom is 0.251 e. The van der Waals surface area contributed by atoms with Gasteiger partial charge in [-0.15, -0.1) is 0 Å². The van der Waals surface area contributed by atoms with Gasteiger partial charge in [-0.3, -0.25) is 9.59 Å². The van der Waals surface area contributed by atoms with Crippen molar-refractivity contribution in [2.24, 2.45) is 0 Å². The Bertz CT molecular complexity index is 898. The number of aryl methyl sites for hydroxylation is 1. The predicted octanol–water partition coefficient (Wildman–Crippen LogP) is 2.81. The van der Waals surface area contributed by atoms with E-state index in [2.05, 4.69) is 10.3 Å². The number of aromatic amines is 1. The molecule has 0 aliphatic carbocycles. The Balaban J connectivity index is 1.72. The van der Waals surface area contributed by atoms with E-state index in [9.17, 15) is 9.59 Å². The molecule has 0 saturated heterocycles. The second-order valence-electron chi connectivity index (χ2n) is 5.57. The number of rotatable bonds is 4. The van der Waals surface area contributed by atoms with E-state index in [1.165, 1.54) is 5.56 Å². The maximum absolute atomic E-state index is 12.2. The van der Waals surface area contributed by atoms with Crippen molar-refractivity contribution < 1.29 is 4.79 Å². The number of carbonyl (C=O) groups is 1. The summed E-state index contributed by atoms with van der Waals surface area (Å²) in [5.41, 5.74) is 3.16. The van der Waals surface area contributed by atoms with E-state index in [-0.39, 0.29) is 11.3 Å². The van der Waals surface area contributed by atoms with Crippen molar-refractivity contribution in [3.8, 4) is 0 Å². The van der Waals surface area contributed by atoms with Crippen LogP contribution in [0.2, 0.25) is 0 Å². The number of aromatic nitrogens is 1. The Morgan fingerprint density at radius 3 is 2.65 bits per heavy atom. The molecule has 2 aromatic carbocycles. The minimum absolute atomic E-state index is 0.0739. The SMILES string of the molecule is Cc1cc(=O)c2cc(C(=O)NCCc3ccccc3)ccc2[nH]1. The highest BCUT2D eigenvalue weighted by Crippen LogP contribution is 2.11. The molecule has 0 atom stereocenters. The topological polar surface area (TPSA) is 62.0 Å². The molecule has 1 amide bonds. The number of nitrogens with one attached hydrogen (secondary N) is 2. The quantitative estimate of drug-likeness (QED) is 0.778. The zero-order valence-electron chi connectivity index (χ0n) is 12.9. The van der Waals surface area contributed by atoms with E-state index >= 15 is 0 Å². The average molecular weight is 306 g/mol. The molecule has 0 saturated carbocycles. The van der Waals surface area contributed by atoms with Crippen LogP contribution in [0.5, 0.6) is 0 Å². The van der Waals surface area contributed by atoms with Crippen molar-refractivity contribution in [3.63, 3.8) is 0 Å². The molecular weight excluding hydrogens is 288 g/mol. The number of hydrogen-bond acceptors (Lipinski definition) is 2. The van der Waals surface area contributed by atoms with Crippen LogP contribution in [0.25, 0.3) is 10.9 Å². The number of benzene rings is 2. The van der Waals surface area contributed by atoms with Gasteiger partial charge in [0.15, 0.2) is 5.43 Å². The van der Waals surface area contributed by atoms with Gasteiger partial charge in [-0.05, 0) is 37.1 Å². The first-order valence-electron chi connectivity index (χ1n) is 7.59. The number of pyridine rings is 1. The van der Waals surface area contributed by atoms with Crippen LogP contribution in [0, 0.1) is 6.92 Å². The van der Waals surface area contributed by atoms with Gasteiger partial charge in [0.1, 0.15) is 0 Å². The van der Waals surface area contributed by atoms with Crippen molar-refractivity contribution in [1.29, 1.82) is 0 Å². The van der Waals surface area contributed by atoms with Crippen LogP contribution >= 0.6 is 0 Å². The molecule has 3 aromatic rings. The molecule has 23 heavy (non-hydrogen) atoms. The first-order chi connectivity index (χ1) is 11.1. The van der Waals surface area contributed by atoms with E-state index in [1.54, 1.807) is 24.3 Å². The van der Waals surface area contributed by atoms with Crippen molar-refractivity contribution in [3.05, 3.63) is 81.6 Å². The summed E-state index contributed by atoms with van der Waals surface area (Å²) < 4.78 is 0. The second kappa shape index (κ2) is 6.48. The van der Waals surface area contributed by atoms with Gasteiger partial charge < -0.3 is 10.3 Å². The van der Waals surface area contributed by atoms with Crippen LogP contribution in [0.3, 0.4) is 0 Å². The fourth-order valence-electron chi connectivity index (χ4n) is 2.59. The molecule has 0 aliphatic rings. The van der Waals surface area contributed by atoms with Crippen molar-refractivity contribution >= 4 is 16.8 Å². The Morgan fingerprint density at radius 2 is 1.87 bits per heavy atom. The van der Waals surface area contributed by atoms with E-state index in [0.717, 1.165) is 17.6 Å². The lowest BCUT2D eigenvalue weighted by molar-refractivity contribution is 0.0954. The zero-order valence-corrected chi connectivity index (χ0v) is 12.9. The monoisotopic (exact) mass is 306 g/mol. The Labute approximate surface area is 134 Å². The van der Waals surface area contributed by atoms with Gasteiger partial charge >= 0.3 is 0 Å². The fraction of sp³-hybridized carbons (Fsp3) is 0.158. The van der Waals surface area contributed by atoms with Crippen molar-refractivity contribution in [1.82, 2.24) is 10.3 Å². The minimum Gasteiger partial charge on any atom is -0.358 e. The zero-order chi connectivity index (χ0) is 16.2. The highest BCUT2D eigenvalue weighted by atomic mass is 16.1. The van der Waals surface area contributed by atoms with Crippen LogP contribution in [0.1, 0.15) is 21.6 Å². The van der Waals surface area contributed by atoms with Crippen LogP contribution in [-0.4, -0.2) is 17.4 Å².